The molecular weight excluding hydrogens is 284 g/mol. The van der Waals surface area contributed by atoms with Gasteiger partial charge in [-0.1, -0.05) is 19.3 Å². The Kier molecular flexibility index (Phi) is 4.49. The number of aliphatic carboxylic acids is 1. The number of nitrogens with two attached hydrogens (primary N) is 1. The first-order valence-corrected chi connectivity index (χ1v) is 7.30. The van der Waals surface area contributed by atoms with Gasteiger partial charge in [0.05, 0.1) is 0 Å². The highest BCUT2D eigenvalue weighted by Crippen LogP contribution is 2.34. The van der Waals surface area contributed by atoms with E-state index in [0.29, 0.717) is 24.0 Å². The molecule has 0 spiro atoms. The lowest BCUT2D eigenvalue weighted by Crippen LogP contribution is -2.56. The summed E-state index contributed by atoms with van der Waals surface area (Å²) in [6.07, 6.45) is 3.51. The van der Waals surface area contributed by atoms with Crippen molar-refractivity contribution in [2.45, 2.75) is 37.6 Å². The van der Waals surface area contributed by atoms with E-state index in [4.69, 9.17) is 5.73 Å². The van der Waals surface area contributed by atoms with E-state index in [9.17, 15) is 19.5 Å². The second-order valence-corrected chi connectivity index (χ2v) is 5.70. The maximum Gasteiger partial charge on any atom is 0.329 e. The molecule has 1 saturated carbocycles. The first kappa shape index (κ1) is 16.0. The van der Waals surface area contributed by atoms with Gasteiger partial charge >= 0.3 is 5.97 Å². The van der Waals surface area contributed by atoms with Crippen LogP contribution in [0.5, 0.6) is 0 Å². The Balaban J connectivity index is 2.26. The standard InChI is InChI=1S/C16H20N2O4/c1-18(16(15(21)22)9-3-2-4-10-16)14(20)12-7-5-11(6-8-12)13(17)19/h5-8H,2-4,9-10H2,1H3,(H2,17,19)(H,21,22). The number of carboxylic acids is 1. The van der Waals surface area contributed by atoms with Gasteiger partial charge in [0.2, 0.25) is 5.91 Å². The van der Waals surface area contributed by atoms with E-state index < -0.39 is 17.4 Å². The number of hydrogen-bond acceptors (Lipinski definition) is 3. The SMILES string of the molecule is CN(C(=O)c1ccc(C(N)=O)cc1)C1(C(=O)O)CCCCC1. The fourth-order valence-corrected chi connectivity index (χ4v) is 2.99. The van der Waals surface area contributed by atoms with Gasteiger partial charge in [-0.05, 0) is 37.1 Å². The summed E-state index contributed by atoms with van der Waals surface area (Å²) in [6, 6.07) is 5.93. The average Bonchev–Trinajstić information content (AvgIpc) is 2.54. The van der Waals surface area contributed by atoms with Crippen LogP contribution in [-0.4, -0.2) is 40.4 Å². The topological polar surface area (TPSA) is 101 Å². The number of nitrogens with zero attached hydrogens (tertiary/aromatic N) is 1. The Hall–Kier alpha value is -2.37. The van der Waals surface area contributed by atoms with Crippen LogP contribution in [0.1, 0.15) is 52.8 Å². The molecule has 118 valence electrons. The molecule has 0 saturated heterocycles. The lowest BCUT2D eigenvalue weighted by atomic mass is 9.80. The van der Waals surface area contributed by atoms with Gasteiger partial charge in [0.1, 0.15) is 5.54 Å². The molecule has 0 atom stereocenters. The van der Waals surface area contributed by atoms with Crippen molar-refractivity contribution in [1.29, 1.82) is 0 Å². The molecule has 2 amide bonds. The molecule has 1 fully saturated rings. The van der Waals surface area contributed by atoms with Crippen LogP contribution in [-0.2, 0) is 4.79 Å². The van der Waals surface area contributed by atoms with Crippen molar-refractivity contribution < 1.29 is 19.5 Å². The van der Waals surface area contributed by atoms with Crippen molar-refractivity contribution >= 4 is 17.8 Å². The quantitative estimate of drug-likeness (QED) is 0.883. The zero-order chi connectivity index (χ0) is 16.3. The third kappa shape index (κ3) is 2.81. The van der Waals surface area contributed by atoms with E-state index in [0.717, 1.165) is 19.3 Å². The number of hydrogen-bond donors (Lipinski definition) is 2. The molecule has 6 heteroatoms. The van der Waals surface area contributed by atoms with Gasteiger partial charge in [-0.2, -0.15) is 0 Å². The Bertz CT molecular complexity index is 589. The van der Waals surface area contributed by atoms with E-state index in [1.54, 1.807) is 0 Å². The molecule has 1 aromatic carbocycles. The van der Waals surface area contributed by atoms with Gasteiger partial charge in [0, 0.05) is 18.2 Å². The van der Waals surface area contributed by atoms with Gasteiger partial charge < -0.3 is 15.7 Å². The van der Waals surface area contributed by atoms with Crippen LogP contribution >= 0.6 is 0 Å². The van der Waals surface area contributed by atoms with Crippen molar-refractivity contribution in [1.82, 2.24) is 4.90 Å². The maximum absolute atomic E-state index is 12.6. The number of carboxylic acid groups (broad SMARTS) is 1. The summed E-state index contributed by atoms with van der Waals surface area (Å²) in [5.41, 5.74) is 4.68. The van der Waals surface area contributed by atoms with Gasteiger partial charge in [-0.3, -0.25) is 9.59 Å². The predicted octanol–water partition coefficient (Wildman–Crippen LogP) is 1.64. The first-order valence-electron chi connectivity index (χ1n) is 7.30. The largest absolute Gasteiger partial charge is 0.479 e. The fraction of sp³-hybridized carbons (Fsp3) is 0.438. The van der Waals surface area contributed by atoms with Gasteiger partial charge in [0.25, 0.3) is 5.91 Å². The molecule has 0 aromatic heterocycles. The van der Waals surface area contributed by atoms with Crippen LogP contribution in [0.15, 0.2) is 24.3 Å². The zero-order valence-corrected chi connectivity index (χ0v) is 12.5. The monoisotopic (exact) mass is 304 g/mol. The van der Waals surface area contributed by atoms with E-state index in [-0.39, 0.29) is 5.91 Å². The highest BCUT2D eigenvalue weighted by atomic mass is 16.4. The summed E-state index contributed by atoms with van der Waals surface area (Å²) >= 11 is 0. The third-order valence-electron chi connectivity index (χ3n) is 4.44. The lowest BCUT2D eigenvalue weighted by molar-refractivity contribution is -0.151. The van der Waals surface area contributed by atoms with Crippen LogP contribution in [0.2, 0.25) is 0 Å². The van der Waals surface area contributed by atoms with Crippen molar-refractivity contribution in [3.63, 3.8) is 0 Å². The van der Waals surface area contributed by atoms with Gasteiger partial charge in [0.15, 0.2) is 0 Å². The molecule has 0 aliphatic heterocycles. The highest BCUT2D eigenvalue weighted by Gasteiger charge is 2.45. The highest BCUT2D eigenvalue weighted by molar-refractivity contribution is 5.99. The number of carbonyl (C=O) groups excluding carboxylic acids is 2. The number of carbonyl (C=O) groups is 3. The smallest absolute Gasteiger partial charge is 0.329 e. The molecule has 2 rings (SSSR count). The second-order valence-electron chi connectivity index (χ2n) is 5.70. The van der Waals surface area contributed by atoms with E-state index in [2.05, 4.69) is 0 Å². The number of rotatable bonds is 4. The van der Waals surface area contributed by atoms with E-state index in [1.165, 1.54) is 36.2 Å². The summed E-state index contributed by atoms with van der Waals surface area (Å²) in [6.45, 7) is 0. The molecule has 0 bridgehead atoms. The molecule has 0 radical (unpaired) electrons. The summed E-state index contributed by atoms with van der Waals surface area (Å²) in [7, 11) is 1.53. The molecule has 1 aliphatic carbocycles. The zero-order valence-electron chi connectivity index (χ0n) is 12.5. The Labute approximate surface area is 128 Å². The molecule has 22 heavy (non-hydrogen) atoms. The van der Waals surface area contributed by atoms with E-state index in [1.807, 2.05) is 0 Å². The number of amides is 2. The predicted molar refractivity (Wildman–Crippen MR) is 80.5 cm³/mol. The molecule has 0 heterocycles. The summed E-state index contributed by atoms with van der Waals surface area (Å²) in [5.74, 6) is -1.89. The minimum absolute atomic E-state index is 0.310. The summed E-state index contributed by atoms with van der Waals surface area (Å²) in [4.78, 5) is 36.7. The number of benzene rings is 1. The Morgan fingerprint density at radius 2 is 1.55 bits per heavy atom. The fourth-order valence-electron chi connectivity index (χ4n) is 2.99. The second kappa shape index (κ2) is 6.17. The van der Waals surface area contributed by atoms with Gasteiger partial charge in [-0.15, -0.1) is 0 Å². The molecular formula is C16H20N2O4. The summed E-state index contributed by atoms with van der Waals surface area (Å²) in [5, 5.41) is 9.62. The first-order chi connectivity index (χ1) is 10.4. The minimum Gasteiger partial charge on any atom is -0.479 e. The van der Waals surface area contributed by atoms with Gasteiger partial charge in [-0.25, -0.2) is 4.79 Å². The van der Waals surface area contributed by atoms with Crippen molar-refractivity contribution in [3.05, 3.63) is 35.4 Å². The van der Waals surface area contributed by atoms with Crippen LogP contribution in [0, 0.1) is 0 Å². The van der Waals surface area contributed by atoms with Crippen LogP contribution in [0.4, 0.5) is 0 Å². The number of likely N-dealkylation sites (N-methyl/N-ethyl adjacent to an activating group) is 1. The lowest BCUT2D eigenvalue weighted by Gasteiger charge is -2.41. The molecule has 6 nitrogen and oxygen atoms in total. The molecule has 0 unspecified atom stereocenters. The normalized spacial score (nSPS) is 16.8. The van der Waals surface area contributed by atoms with Crippen molar-refractivity contribution in [3.8, 4) is 0 Å². The van der Waals surface area contributed by atoms with Crippen molar-refractivity contribution in [2.75, 3.05) is 7.05 Å². The number of primary amides is 1. The van der Waals surface area contributed by atoms with Crippen LogP contribution < -0.4 is 5.73 Å². The summed E-state index contributed by atoms with van der Waals surface area (Å²) < 4.78 is 0. The molecule has 1 aliphatic rings. The van der Waals surface area contributed by atoms with Crippen LogP contribution in [0.25, 0.3) is 0 Å². The average molecular weight is 304 g/mol. The Morgan fingerprint density at radius 3 is 2.00 bits per heavy atom. The minimum atomic E-state index is -1.14. The third-order valence-corrected chi connectivity index (χ3v) is 4.44. The Morgan fingerprint density at radius 1 is 1.05 bits per heavy atom. The van der Waals surface area contributed by atoms with E-state index >= 15 is 0 Å². The molecule has 3 N–H and O–H groups in total. The maximum atomic E-state index is 12.6. The molecule has 1 aromatic rings. The van der Waals surface area contributed by atoms with Crippen molar-refractivity contribution in [2.24, 2.45) is 5.73 Å². The van der Waals surface area contributed by atoms with Crippen LogP contribution in [0.3, 0.4) is 0 Å².